The molecule has 0 aliphatic heterocycles. The Hall–Kier alpha value is -3.32. The molecule has 0 spiro atoms. The minimum atomic E-state index is -4.33. The Bertz CT molecular complexity index is 1330. The largest absolute Gasteiger partial charge is 0.508 e. The summed E-state index contributed by atoms with van der Waals surface area (Å²) in [5.41, 5.74) is 4.50. The van der Waals surface area contributed by atoms with E-state index in [0.29, 0.717) is 43.0 Å². The van der Waals surface area contributed by atoms with Gasteiger partial charge in [-0.25, -0.2) is 0 Å². The molecule has 0 heterocycles. The number of hydrogen-bond acceptors (Lipinski definition) is 9. The van der Waals surface area contributed by atoms with Crippen LogP contribution in [0.4, 0.5) is 0 Å². The van der Waals surface area contributed by atoms with Crippen molar-refractivity contribution >= 4 is 16.3 Å². The minimum Gasteiger partial charge on any atom is -0.508 e. The second-order valence-electron chi connectivity index (χ2n) is 8.77. The quantitative estimate of drug-likeness (QED) is 0.190. The summed E-state index contributed by atoms with van der Waals surface area (Å²) in [6.07, 6.45) is -0.247. The fourth-order valence-corrected chi connectivity index (χ4v) is 4.16. The highest BCUT2D eigenvalue weighted by molar-refractivity contribution is 7.84. The Morgan fingerprint density at radius 3 is 2.24 bits per heavy atom. The molecule has 1 atom stereocenters. The van der Waals surface area contributed by atoms with E-state index in [-0.39, 0.29) is 18.8 Å². The molecular weight excluding hydrogens is 512 g/mol. The Kier molecular flexibility index (Phi) is 10.8. The lowest BCUT2D eigenvalue weighted by Crippen LogP contribution is -2.23. The molecule has 0 unspecified atom stereocenters. The number of benzene rings is 3. The van der Waals surface area contributed by atoms with Crippen molar-refractivity contribution in [2.24, 2.45) is 5.14 Å². The Balaban J connectivity index is 1.42. The van der Waals surface area contributed by atoms with Gasteiger partial charge < -0.3 is 29.6 Å². The van der Waals surface area contributed by atoms with E-state index in [4.69, 9.17) is 9.88 Å². The van der Waals surface area contributed by atoms with Gasteiger partial charge in [-0.15, -0.1) is 0 Å². The van der Waals surface area contributed by atoms with Crippen molar-refractivity contribution in [3.05, 3.63) is 100 Å². The van der Waals surface area contributed by atoms with Gasteiger partial charge in [0, 0.05) is 12.1 Å². The standard InChI is InChI=1S/C27H32N2O8S/c28-38(34,35)37-27(33)13-20-4-2-6-22(12-20)18-36-17-21-5-1-3-19(11-21)9-10-29-15-26(32)23-7-8-25(31)24(14-23)16-30/h1-8,11-12,14,26,29-32H,9-10,13,15-18H2,(H2,28,34,35)/t26-/m0/s1. The van der Waals surface area contributed by atoms with Crippen LogP contribution in [0.2, 0.25) is 0 Å². The zero-order chi connectivity index (χ0) is 27.5. The Morgan fingerprint density at radius 2 is 1.58 bits per heavy atom. The molecule has 10 nitrogen and oxygen atoms in total. The predicted octanol–water partition coefficient (Wildman–Crippen LogP) is 1.76. The van der Waals surface area contributed by atoms with Gasteiger partial charge in [0.15, 0.2) is 0 Å². The van der Waals surface area contributed by atoms with Gasteiger partial charge in [0.1, 0.15) is 5.75 Å². The second-order valence-corrected chi connectivity index (χ2v) is 9.93. The number of carbonyl (C=O) groups is 1. The number of aliphatic hydroxyl groups is 2. The highest BCUT2D eigenvalue weighted by Crippen LogP contribution is 2.22. The first-order valence-corrected chi connectivity index (χ1v) is 13.4. The average Bonchev–Trinajstić information content (AvgIpc) is 2.86. The first-order valence-electron chi connectivity index (χ1n) is 11.9. The van der Waals surface area contributed by atoms with Gasteiger partial charge in [0.25, 0.3) is 0 Å². The summed E-state index contributed by atoms with van der Waals surface area (Å²) in [5, 5.41) is 37.2. The molecule has 0 saturated carbocycles. The number of aliphatic hydroxyl groups excluding tert-OH is 2. The van der Waals surface area contributed by atoms with Crippen LogP contribution in [-0.2, 0) is 56.7 Å². The zero-order valence-corrected chi connectivity index (χ0v) is 21.6. The number of nitrogens with two attached hydrogens (primary N) is 1. The minimum absolute atomic E-state index is 0.00164. The summed E-state index contributed by atoms with van der Waals surface area (Å²) in [4.78, 5) is 11.7. The van der Waals surface area contributed by atoms with Crippen LogP contribution in [0.3, 0.4) is 0 Å². The van der Waals surface area contributed by atoms with Crippen molar-refractivity contribution < 1.29 is 37.5 Å². The van der Waals surface area contributed by atoms with Crippen LogP contribution in [0, 0.1) is 0 Å². The summed E-state index contributed by atoms with van der Waals surface area (Å²) < 4.78 is 31.7. The normalized spacial score (nSPS) is 12.3. The molecule has 0 bridgehead atoms. The third kappa shape index (κ3) is 9.86. The molecule has 204 valence electrons. The van der Waals surface area contributed by atoms with E-state index < -0.39 is 22.4 Å². The third-order valence-corrected chi connectivity index (χ3v) is 6.08. The van der Waals surface area contributed by atoms with Crippen LogP contribution in [0.1, 0.15) is 39.5 Å². The molecule has 0 radical (unpaired) electrons. The molecule has 0 aliphatic rings. The van der Waals surface area contributed by atoms with E-state index in [0.717, 1.165) is 23.1 Å². The monoisotopic (exact) mass is 544 g/mol. The van der Waals surface area contributed by atoms with Gasteiger partial charge in [-0.1, -0.05) is 54.6 Å². The molecule has 6 N–H and O–H groups in total. The van der Waals surface area contributed by atoms with Crippen molar-refractivity contribution in [3.8, 4) is 5.75 Å². The van der Waals surface area contributed by atoms with E-state index in [1.165, 1.54) is 6.07 Å². The smallest absolute Gasteiger partial charge is 0.382 e. The third-order valence-electron chi connectivity index (χ3n) is 5.66. The molecule has 0 aliphatic carbocycles. The van der Waals surface area contributed by atoms with Crippen LogP contribution in [0.5, 0.6) is 5.75 Å². The van der Waals surface area contributed by atoms with Gasteiger partial charge in [-0.3, -0.25) is 4.79 Å². The van der Waals surface area contributed by atoms with Gasteiger partial charge >= 0.3 is 16.3 Å². The molecular formula is C27H32N2O8S. The average molecular weight is 545 g/mol. The molecule has 3 aromatic carbocycles. The lowest BCUT2D eigenvalue weighted by molar-refractivity contribution is -0.133. The van der Waals surface area contributed by atoms with E-state index in [1.807, 2.05) is 30.3 Å². The van der Waals surface area contributed by atoms with Crippen molar-refractivity contribution in [2.45, 2.75) is 38.8 Å². The van der Waals surface area contributed by atoms with Gasteiger partial charge in [-0.2, -0.15) is 13.6 Å². The first-order chi connectivity index (χ1) is 18.1. The maximum Gasteiger partial charge on any atom is 0.382 e. The molecule has 38 heavy (non-hydrogen) atoms. The molecule has 0 fully saturated rings. The van der Waals surface area contributed by atoms with Crippen molar-refractivity contribution in [2.75, 3.05) is 13.1 Å². The number of aromatic hydroxyl groups is 1. The van der Waals surface area contributed by atoms with Crippen LogP contribution in [0.25, 0.3) is 0 Å². The number of phenols is 1. The summed E-state index contributed by atoms with van der Waals surface area (Å²) in [7, 11) is -4.33. The van der Waals surface area contributed by atoms with Crippen LogP contribution >= 0.6 is 0 Å². The van der Waals surface area contributed by atoms with E-state index in [2.05, 4.69) is 9.50 Å². The summed E-state index contributed by atoms with van der Waals surface area (Å²) in [5.74, 6) is -0.958. The maximum absolute atomic E-state index is 11.7. The zero-order valence-electron chi connectivity index (χ0n) is 20.7. The van der Waals surface area contributed by atoms with Crippen molar-refractivity contribution in [1.29, 1.82) is 0 Å². The lowest BCUT2D eigenvalue weighted by atomic mass is 10.0. The molecule has 3 rings (SSSR count). The Morgan fingerprint density at radius 1 is 0.947 bits per heavy atom. The number of ether oxygens (including phenoxy) is 1. The van der Waals surface area contributed by atoms with Crippen LogP contribution in [0.15, 0.2) is 66.7 Å². The van der Waals surface area contributed by atoms with E-state index in [1.54, 1.807) is 30.3 Å². The fourth-order valence-electron chi connectivity index (χ4n) is 3.85. The maximum atomic E-state index is 11.7. The van der Waals surface area contributed by atoms with Gasteiger partial charge in [-0.05, 0) is 52.9 Å². The van der Waals surface area contributed by atoms with Crippen LogP contribution in [-0.4, -0.2) is 42.8 Å². The molecule has 0 aromatic heterocycles. The highest BCUT2D eigenvalue weighted by Gasteiger charge is 2.13. The molecule has 3 aromatic rings. The van der Waals surface area contributed by atoms with E-state index in [9.17, 15) is 28.5 Å². The van der Waals surface area contributed by atoms with Crippen LogP contribution < -0.4 is 10.5 Å². The summed E-state index contributed by atoms with van der Waals surface area (Å²) >= 11 is 0. The molecule has 0 saturated heterocycles. The number of nitrogens with one attached hydrogen (secondary N) is 1. The SMILES string of the molecule is NS(=O)(=O)OC(=O)Cc1cccc(COCc2cccc(CCNC[C@H](O)c3ccc(O)c(CO)c3)c2)c1. The van der Waals surface area contributed by atoms with Gasteiger partial charge in [0.05, 0.1) is 32.3 Å². The predicted molar refractivity (Wildman–Crippen MR) is 140 cm³/mol. The summed E-state index contributed by atoms with van der Waals surface area (Å²) in [6, 6.07) is 19.7. The van der Waals surface area contributed by atoms with Crippen molar-refractivity contribution in [3.63, 3.8) is 0 Å². The topological polar surface area (TPSA) is 168 Å². The number of carbonyl (C=O) groups excluding carboxylic acids is 1. The van der Waals surface area contributed by atoms with E-state index >= 15 is 0 Å². The summed E-state index contributed by atoms with van der Waals surface area (Å²) in [6.45, 7) is 1.36. The Labute approximate surface area is 221 Å². The lowest BCUT2D eigenvalue weighted by Gasteiger charge is -2.14. The second kappa shape index (κ2) is 14.0. The van der Waals surface area contributed by atoms with Gasteiger partial charge in [0.2, 0.25) is 0 Å². The first kappa shape index (κ1) is 29.2. The molecule has 0 amide bonds. The van der Waals surface area contributed by atoms with Crippen molar-refractivity contribution in [1.82, 2.24) is 5.32 Å². The molecule has 11 heteroatoms. The highest BCUT2D eigenvalue weighted by atomic mass is 32.2. The number of hydrogen-bond donors (Lipinski definition) is 5. The number of rotatable bonds is 14. The fraction of sp³-hybridized carbons (Fsp3) is 0.296.